The molecule has 0 spiro atoms. The minimum atomic E-state index is -4.04. The second-order valence-corrected chi connectivity index (χ2v) is 13.8. The number of thioether (sulfide) groups is 2. The molecule has 0 unspecified atom stereocenters. The van der Waals surface area contributed by atoms with Gasteiger partial charge in [0, 0.05) is 0 Å². The van der Waals surface area contributed by atoms with Crippen molar-refractivity contribution < 1.29 is 17.6 Å². The first kappa shape index (κ1) is 27.7. The summed E-state index contributed by atoms with van der Waals surface area (Å²) in [7, 11) is 0. The Hall–Kier alpha value is -0.330. The number of alkyl halides is 3. The van der Waals surface area contributed by atoms with Crippen molar-refractivity contribution in [1.82, 2.24) is 0 Å². The summed E-state index contributed by atoms with van der Waals surface area (Å²) >= 11 is 9.14. The van der Waals surface area contributed by atoms with Crippen molar-refractivity contribution in [2.24, 2.45) is 23.7 Å². The average molecular weight is 549 g/mol. The summed E-state index contributed by atoms with van der Waals surface area (Å²) in [5, 5.41) is -4.04. The van der Waals surface area contributed by atoms with E-state index in [-0.39, 0.29) is 5.92 Å². The first-order chi connectivity index (χ1) is 16.8. The van der Waals surface area contributed by atoms with Crippen LogP contribution >= 0.6 is 35.1 Å². The van der Waals surface area contributed by atoms with Crippen LogP contribution in [0, 0.1) is 35.3 Å². The molecule has 0 aromatic heterocycles. The lowest BCUT2D eigenvalue weighted by atomic mass is 9.75. The molecule has 1 saturated heterocycles. The topological polar surface area (TPSA) is 0 Å². The smallest absolute Gasteiger partial charge is 0.206 e. The lowest BCUT2D eigenvalue weighted by Gasteiger charge is -2.40. The maximum Gasteiger partial charge on any atom is 0.353 e. The van der Waals surface area contributed by atoms with Crippen LogP contribution in [0.1, 0.15) is 88.2 Å². The molecular weight excluding hydrogens is 512 g/mol. The van der Waals surface area contributed by atoms with E-state index in [4.69, 9.17) is 11.6 Å². The van der Waals surface area contributed by atoms with Crippen molar-refractivity contribution >= 4 is 35.1 Å². The molecule has 1 aromatic carbocycles. The molecule has 2 aliphatic carbocycles. The van der Waals surface area contributed by atoms with Crippen LogP contribution in [0.5, 0.6) is 0 Å². The normalized spacial score (nSPS) is 32.7. The molecule has 35 heavy (non-hydrogen) atoms. The molecule has 4 rings (SSSR count). The highest BCUT2D eigenvalue weighted by atomic mass is 35.5. The van der Waals surface area contributed by atoms with Gasteiger partial charge >= 0.3 is 5.38 Å². The van der Waals surface area contributed by atoms with Crippen molar-refractivity contribution in [3.63, 3.8) is 0 Å². The molecule has 0 nitrogen and oxygen atoms in total. The number of hydrogen-bond acceptors (Lipinski definition) is 2. The molecule has 3 fully saturated rings. The van der Waals surface area contributed by atoms with Gasteiger partial charge in [0.15, 0.2) is 0 Å². The van der Waals surface area contributed by atoms with E-state index in [1.165, 1.54) is 50.0 Å². The van der Waals surface area contributed by atoms with Gasteiger partial charge in [-0.2, -0.15) is 8.78 Å². The minimum Gasteiger partial charge on any atom is -0.206 e. The highest BCUT2D eigenvalue weighted by Crippen LogP contribution is 2.49. The Morgan fingerprint density at radius 3 is 2.00 bits per heavy atom. The average Bonchev–Trinajstić information content (AvgIpc) is 2.84. The predicted molar refractivity (Wildman–Crippen MR) is 142 cm³/mol. The summed E-state index contributed by atoms with van der Waals surface area (Å²) in [4.78, 5) is 0. The minimum absolute atomic E-state index is 0.0163. The zero-order chi connectivity index (χ0) is 25.0. The van der Waals surface area contributed by atoms with E-state index in [1.54, 1.807) is 0 Å². The monoisotopic (exact) mass is 548 g/mol. The SMILES string of the molecule is CC=CCCC1CCC(C2CSC(C3CCC(c4cc(F)c(C(F)(F)Cl)c(F)c4)CC3)SC2)CC1. The zero-order valence-corrected chi connectivity index (χ0v) is 22.9. The molecule has 0 N–H and O–H groups in total. The Morgan fingerprint density at radius 2 is 1.46 bits per heavy atom. The molecule has 0 bridgehead atoms. The molecule has 1 aliphatic heterocycles. The third kappa shape index (κ3) is 7.16. The van der Waals surface area contributed by atoms with Crippen molar-refractivity contribution in [1.29, 1.82) is 0 Å². The maximum absolute atomic E-state index is 14.2. The first-order valence-electron chi connectivity index (χ1n) is 13.2. The summed E-state index contributed by atoms with van der Waals surface area (Å²) in [5.41, 5.74) is -0.864. The Labute approximate surface area is 221 Å². The van der Waals surface area contributed by atoms with Crippen molar-refractivity contribution in [2.75, 3.05) is 11.5 Å². The van der Waals surface area contributed by atoms with Crippen molar-refractivity contribution in [2.45, 2.75) is 87.0 Å². The molecule has 1 aromatic rings. The van der Waals surface area contributed by atoms with Gasteiger partial charge in [-0.15, -0.1) is 23.5 Å². The number of benzene rings is 1. The van der Waals surface area contributed by atoms with E-state index in [9.17, 15) is 17.6 Å². The summed E-state index contributed by atoms with van der Waals surface area (Å²) < 4.78 is 55.6. The standard InChI is InChI=1S/C28H37ClF4S2/c1-2-3-4-5-18-6-8-20(9-7-18)23-16-34-27(35-17-23)21-12-10-19(11-13-21)22-14-24(30)26(25(31)15-22)28(29,32)33/h2-3,14-15,18-21,23,27H,4-13,16-17H2,1H3. The fourth-order valence-electron chi connectivity index (χ4n) is 6.35. The van der Waals surface area contributed by atoms with Crippen LogP contribution in [0.2, 0.25) is 0 Å². The highest BCUT2D eigenvalue weighted by molar-refractivity contribution is 8.17. The first-order valence-corrected chi connectivity index (χ1v) is 15.6. The summed E-state index contributed by atoms with van der Waals surface area (Å²) in [6, 6.07) is 2.12. The quantitative estimate of drug-likeness (QED) is 0.189. The van der Waals surface area contributed by atoms with Crippen LogP contribution in [0.15, 0.2) is 24.3 Å². The highest BCUT2D eigenvalue weighted by Gasteiger charge is 2.38. The van der Waals surface area contributed by atoms with E-state index in [0.29, 0.717) is 16.1 Å². The number of rotatable bonds is 7. The van der Waals surface area contributed by atoms with Crippen LogP contribution < -0.4 is 0 Å². The van der Waals surface area contributed by atoms with Crippen molar-refractivity contribution in [3.05, 3.63) is 47.0 Å². The van der Waals surface area contributed by atoms with Gasteiger partial charge in [0.1, 0.15) is 17.2 Å². The summed E-state index contributed by atoms with van der Waals surface area (Å²) in [6.45, 7) is 2.10. The van der Waals surface area contributed by atoms with Crippen LogP contribution in [0.25, 0.3) is 0 Å². The van der Waals surface area contributed by atoms with Gasteiger partial charge < -0.3 is 0 Å². The van der Waals surface area contributed by atoms with Gasteiger partial charge in [0.25, 0.3) is 0 Å². The van der Waals surface area contributed by atoms with Crippen LogP contribution in [0.3, 0.4) is 0 Å². The second-order valence-electron chi connectivity index (χ2n) is 10.7. The predicted octanol–water partition coefficient (Wildman–Crippen LogP) is 10.1. The van der Waals surface area contributed by atoms with E-state index in [2.05, 4.69) is 42.6 Å². The van der Waals surface area contributed by atoms with Gasteiger partial charge in [-0.1, -0.05) is 25.0 Å². The molecular formula is C28H37ClF4S2. The van der Waals surface area contributed by atoms with Crippen LogP contribution in [-0.2, 0) is 5.38 Å². The van der Waals surface area contributed by atoms with E-state index >= 15 is 0 Å². The van der Waals surface area contributed by atoms with Gasteiger partial charge in [-0.3, -0.25) is 0 Å². The van der Waals surface area contributed by atoms with Gasteiger partial charge in [-0.05, 0) is 129 Å². The lowest BCUT2D eigenvalue weighted by molar-refractivity contribution is 0.0858. The molecule has 0 atom stereocenters. The molecule has 3 aliphatic rings. The van der Waals surface area contributed by atoms with Crippen LogP contribution in [0.4, 0.5) is 17.6 Å². The summed E-state index contributed by atoms with van der Waals surface area (Å²) in [5.74, 6) is 3.28. The Morgan fingerprint density at radius 1 is 0.886 bits per heavy atom. The maximum atomic E-state index is 14.2. The molecule has 0 amide bonds. The second kappa shape index (κ2) is 12.5. The summed E-state index contributed by atoms with van der Waals surface area (Å²) in [6.07, 6.45) is 16.3. The lowest BCUT2D eigenvalue weighted by Crippen LogP contribution is -2.31. The van der Waals surface area contributed by atoms with E-state index < -0.39 is 22.6 Å². The Kier molecular flexibility index (Phi) is 9.87. The molecule has 1 heterocycles. The van der Waals surface area contributed by atoms with Gasteiger partial charge in [-0.25, -0.2) is 8.78 Å². The third-order valence-corrected chi connectivity index (χ3v) is 12.1. The Bertz CT molecular complexity index is 824. The van der Waals surface area contributed by atoms with Gasteiger partial charge in [0.05, 0.1) is 4.58 Å². The van der Waals surface area contributed by atoms with Crippen molar-refractivity contribution in [3.8, 4) is 0 Å². The number of allylic oxidation sites excluding steroid dienone is 2. The van der Waals surface area contributed by atoms with E-state index in [0.717, 1.165) is 55.6 Å². The molecule has 2 saturated carbocycles. The molecule has 196 valence electrons. The molecule has 0 radical (unpaired) electrons. The number of hydrogen-bond donors (Lipinski definition) is 0. The number of halogens is 5. The largest absolute Gasteiger partial charge is 0.353 e. The van der Waals surface area contributed by atoms with Crippen LogP contribution in [-0.4, -0.2) is 16.1 Å². The Balaban J connectivity index is 1.22. The fourth-order valence-corrected chi connectivity index (χ4v) is 10.3. The third-order valence-electron chi connectivity index (χ3n) is 8.46. The van der Waals surface area contributed by atoms with E-state index in [1.807, 2.05) is 0 Å². The zero-order valence-electron chi connectivity index (χ0n) is 20.5. The fraction of sp³-hybridized carbons (Fsp3) is 0.714. The van der Waals surface area contributed by atoms with Gasteiger partial charge in [0.2, 0.25) is 0 Å². The molecule has 7 heteroatoms.